The number of rotatable bonds is 5. The van der Waals surface area contributed by atoms with Gasteiger partial charge in [-0.3, -0.25) is 9.59 Å². The summed E-state index contributed by atoms with van der Waals surface area (Å²) in [5.74, 6) is 0.200. The molecule has 130 valence electrons. The zero-order chi connectivity index (χ0) is 17.3. The molecule has 1 saturated heterocycles. The third-order valence-corrected chi connectivity index (χ3v) is 5.24. The molecule has 1 spiro atoms. The van der Waals surface area contributed by atoms with Crippen molar-refractivity contribution in [1.29, 1.82) is 0 Å². The molecule has 1 N–H and O–H groups in total. The van der Waals surface area contributed by atoms with E-state index in [1.807, 2.05) is 6.92 Å². The second kappa shape index (κ2) is 6.34. The van der Waals surface area contributed by atoms with Crippen molar-refractivity contribution in [2.24, 2.45) is 11.3 Å². The molecule has 2 aliphatic rings. The molecular weight excluding hydrogens is 310 g/mol. The third kappa shape index (κ3) is 2.92. The summed E-state index contributed by atoms with van der Waals surface area (Å²) >= 11 is 0. The molecule has 1 saturated carbocycles. The Morgan fingerprint density at radius 3 is 2.54 bits per heavy atom. The number of ether oxygens (including phenoxy) is 2. The topological polar surface area (TPSA) is 76.1 Å². The molecule has 1 aromatic rings. The molecule has 0 radical (unpaired) electrons. The van der Waals surface area contributed by atoms with Gasteiger partial charge in [0.05, 0.1) is 19.6 Å². The first-order valence-electron chi connectivity index (χ1n) is 8.33. The van der Waals surface area contributed by atoms with E-state index >= 15 is 0 Å². The van der Waals surface area contributed by atoms with Crippen LogP contribution in [0.1, 0.15) is 36.5 Å². The number of methoxy groups -OCH3 is 1. The first-order chi connectivity index (χ1) is 11.5. The summed E-state index contributed by atoms with van der Waals surface area (Å²) in [5.41, 5.74) is 0.496. The van der Waals surface area contributed by atoms with E-state index in [1.54, 1.807) is 30.2 Å². The number of hydrogen-bond donors (Lipinski definition) is 1. The molecule has 0 aromatic heterocycles. The molecule has 0 bridgehead atoms. The Morgan fingerprint density at radius 2 is 2.00 bits per heavy atom. The van der Waals surface area contributed by atoms with Crippen LogP contribution in [0.5, 0.6) is 11.5 Å². The largest absolute Gasteiger partial charge is 0.493 e. The number of piperidine rings is 1. The van der Waals surface area contributed by atoms with Crippen LogP contribution in [-0.4, -0.2) is 48.7 Å². The van der Waals surface area contributed by atoms with Crippen LogP contribution in [0.3, 0.4) is 0 Å². The highest BCUT2D eigenvalue weighted by molar-refractivity contribution is 5.95. The lowest BCUT2D eigenvalue weighted by molar-refractivity contribution is -0.139. The van der Waals surface area contributed by atoms with Gasteiger partial charge in [0.15, 0.2) is 11.5 Å². The van der Waals surface area contributed by atoms with Gasteiger partial charge in [-0.2, -0.15) is 0 Å². The van der Waals surface area contributed by atoms with Crippen LogP contribution in [0.2, 0.25) is 0 Å². The number of likely N-dealkylation sites (tertiary alicyclic amines) is 1. The number of carbonyl (C=O) groups excluding carboxylic acids is 1. The lowest BCUT2D eigenvalue weighted by Crippen LogP contribution is -2.40. The van der Waals surface area contributed by atoms with Crippen molar-refractivity contribution >= 4 is 11.9 Å². The standard InChI is InChI=1S/C18H23NO5/c1-3-24-14-5-4-12(10-15(14)23-2)16(20)19-8-6-18(7-9-19)11-13(18)17(21)22/h4-5,10,13H,3,6-9,11H2,1-2H3,(H,21,22). The van der Waals surface area contributed by atoms with Crippen molar-refractivity contribution in [1.82, 2.24) is 4.90 Å². The molecule has 3 rings (SSSR count). The molecule has 1 amide bonds. The summed E-state index contributed by atoms with van der Waals surface area (Å²) < 4.78 is 10.8. The molecule has 1 heterocycles. The highest BCUT2D eigenvalue weighted by Crippen LogP contribution is 2.59. The van der Waals surface area contributed by atoms with E-state index in [0.29, 0.717) is 36.8 Å². The molecule has 1 aromatic carbocycles. The minimum absolute atomic E-state index is 0.0428. The van der Waals surface area contributed by atoms with Crippen LogP contribution in [-0.2, 0) is 4.79 Å². The van der Waals surface area contributed by atoms with Crippen LogP contribution < -0.4 is 9.47 Å². The van der Waals surface area contributed by atoms with Crippen LogP contribution in [0.25, 0.3) is 0 Å². The Balaban J connectivity index is 1.66. The summed E-state index contributed by atoms with van der Waals surface area (Å²) in [4.78, 5) is 25.6. The van der Waals surface area contributed by atoms with Crippen molar-refractivity contribution in [3.63, 3.8) is 0 Å². The first kappa shape index (κ1) is 16.6. The molecule has 2 fully saturated rings. The SMILES string of the molecule is CCOc1ccc(C(=O)N2CCC3(CC2)CC3C(=O)O)cc1OC. The molecule has 1 unspecified atom stereocenters. The summed E-state index contributed by atoms with van der Waals surface area (Å²) in [5, 5.41) is 9.14. The van der Waals surface area contributed by atoms with Gasteiger partial charge in [0.25, 0.3) is 5.91 Å². The number of benzene rings is 1. The van der Waals surface area contributed by atoms with Gasteiger partial charge in [-0.1, -0.05) is 0 Å². The molecule has 1 aliphatic heterocycles. The van der Waals surface area contributed by atoms with E-state index < -0.39 is 5.97 Å². The van der Waals surface area contributed by atoms with Gasteiger partial charge in [-0.05, 0) is 49.8 Å². The summed E-state index contributed by atoms with van der Waals surface area (Å²) in [6.45, 7) is 3.64. The van der Waals surface area contributed by atoms with E-state index in [9.17, 15) is 9.59 Å². The van der Waals surface area contributed by atoms with Crippen LogP contribution in [0.15, 0.2) is 18.2 Å². The van der Waals surface area contributed by atoms with Gasteiger partial charge in [0.2, 0.25) is 0 Å². The predicted octanol–water partition coefficient (Wildman–Crippen LogP) is 2.42. The maximum atomic E-state index is 12.7. The summed E-state index contributed by atoms with van der Waals surface area (Å²) in [7, 11) is 1.55. The van der Waals surface area contributed by atoms with Gasteiger partial charge < -0.3 is 19.5 Å². The quantitative estimate of drug-likeness (QED) is 0.895. The maximum Gasteiger partial charge on any atom is 0.307 e. The van der Waals surface area contributed by atoms with Crippen molar-refractivity contribution in [3.05, 3.63) is 23.8 Å². The van der Waals surface area contributed by atoms with Crippen molar-refractivity contribution in [2.45, 2.75) is 26.2 Å². The minimum atomic E-state index is -0.703. The Labute approximate surface area is 141 Å². The van der Waals surface area contributed by atoms with Gasteiger partial charge >= 0.3 is 5.97 Å². The highest BCUT2D eigenvalue weighted by atomic mass is 16.5. The lowest BCUT2D eigenvalue weighted by Gasteiger charge is -2.32. The number of nitrogens with zero attached hydrogens (tertiary/aromatic N) is 1. The fraction of sp³-hybridized carbons (Fsp3) is 0.556. The Hall–Kier alpha value is -2.24. The fourth-order valence-corrected chi connectivity index (χ4v) is 3.66. The Bertz CT molecular complexity index is 649. The highest BCUT2D eigenvalue weighted by Gasteiger charge is 2.59. The van der Waals surface area contributed by atoms with Crippen molar-refractivity contribution < 1.29 is 24.2 Å². The van der Waals surface area contributed by atoms with E-state index in [1.165, 1.54) is 0 Å². The van der Waals surface area contributed by atoms with Crippen LogP contribution >= 0.6 is 0 Å². The number of carbonyl (C=O) groups is 2. The molecule has 1 aliphatic carbocycles. The molecule has 24 heavy (non-hydrogen) atoms. The molecule has 6 heteroatoms. The van der Waals surface area contributed by atoms with E-state index in [4.69, 9.17) is 14.6 Å². The van der Waals surface area contributed by atoms with Gasteiger partial charge in [0.1, 0.15) is 0 Å². The zero-order valence-corrected chi connectivity index (χ0v) is 14.1. The van der Waals surface area contributed by atoms with Crippen molar-refractivity contribution in [3.8, 4) is 11.5 Å². The maximum absolute atomic E-state index is 12.7. The van der Waals surface area contributed by atoms with Crippen molar-refractivity contribution in [2.75, 3.05) is 26.8 Å². The van der Waals surface area contributed by atoms with Crippen LogP contribution in [0, 0.1) is 11.3 Å². The normalized spacial score (nSPS) is 21.4. The predicted molar refractivity (Wildman–Crippen MR) is 87.5 cm³/mol. The average molecular weight is 333 g/mol. The number of aliphatic carboxylic acids is 1. The van der Waals surface area contributed by atoms with Gasteiger partial charge in [-0.15, -0.1) is 0 Å². The number of carboxylic acid groups (broad SMARTS) is 1. The van der Waals surface area contributed by atoms with Crippen LogP contribution in [0.4, 0.5) is 0 Å². The number of amides is 1. The van der Waals surface area contributed by atoms with Gasteiger partial charge in [-0.25, -0.2) is 0 Å². The summed E-state index contributed by atoms with van der Waals surface area (Å²) in [6, 6.07) is 5.20. The van der Waals surface area contributed by atoms with Gasteiger partial charge in [0, 0.05) is 18.7 Å². The third-order valence-electron chi connectivity index (χ3n) is 5.24. The van der Waals surface area contributed by atoms with E-state index in [0.717, 1.165) is 19.3 Å². The fourth-order valence-electron chi connectivity index (χ4n) is 3.66. The minimum Gasteiger partial charge on any atom is -0.493 e. The average Bonchev–Trinajstić information content (AvgIpc) is 3.29. The zero-order valence-electron chi connectivity index (χ0n) is 14.1. The Kier molecular flexibility index (Phi) is 4.39. The second-order valence-corrected chi connectivity index (χ2v) is 6.55. The summed E-state index contributed by atoms with van der Waals surface area (Å²) in [6.07, 6.45) is 2.29. The smallest absolute Gasteiger partial charge is 0.307 e. The second-order valence-electron chi connectivity index (χ2n) is 6.55. The molecule has 1 atom stereocenters. The molecular formula is C18H23NO5. The monoisotopic (exact) mass is 333 g/mol. The number of carboxylic acids is 1. The van der Waals surface area contributed by atoms with E-state index in [-0.39, 0.29) is 17.2 Å². The lowest BCUT2D eigenvalue weighted by atomic mass is 9.90. The van der Waals surface area contributed by atoms with E-state index in [2.05, 4.69) is 0 Å². The number of hydrogen-bond acceptors (Lipinski definition) is 4. The Morgan fingerprint density at radius 1 is 1.29 bits per heavy atom. The first-order valence-corrected chi connectivity index (χ1v) is 8.33. The molecule has 6 nitrogen and oxygen atoms in total.